The molecule has 1 saturated heterocycles. The molecule has 0 N–H and O–H groups in total. The van der Waals surface area contributed by atoms with E-state index in [2.05, 4.69) is 11.8 Å². The molecule has 0 aromatic heterocycles. The van der Waals surface area contributed by atoms with Crippen molar-refractivity contribution in [3.05, 3.63) is 47.5 Å². The molecule has 0 amide bonds. The Balaban J connectivity index is 1.73. The number of esters is 1. The molecule has 166 valence electrons. The van der Waals surface area contributed by atoms with Crippen LogP contribution in [0.3, 0.4) is 0 Å². The Labute approximate surface area is 188 Å². The first kappa shape index (κ1) is 22.9. The Bertz CT molecular complexity index is 1030. The number of cyclic esters (lactones) is 1. The molecule has 6 nitrogen and oxygen atoms in total. The standard InChI is InChI=1S/C26H26O6/c1-5-11-30-22-9-7-18(15-24(22)28-3)13-20-17-32-26(27)21(20)14-19-8-10-23(31-12-6-2)25(16-19)29-4/h1-2,7-10,15-16,20-21H,11-14,17H2,3-4H3/t20-,21+/m0/s1. The Morgan fingerprint density at radius 2 is 1.41 bits per heavy atom. The topological polar surface area (TPSA) is 63.2 Å². The largest absolute Gasteiger partial charge is 0.493 e. The lowest BCUT2D eigenvalue weighted by molar-refractivity contribution is -0.141. The predicted molar refractivity (Wildman–Crippen MR) is 120 cm³/mol. The number of benzene rings is 2. The van der Waals surface area contributed by atoms with Crippen LogP contribution in [-0.4, -0.2) is 40.0 Å². The van der Waals surface area contributed by atoms with E-state index in [1.807, 2.05) is 30.3 Å². The van der Waals surface area contributed by atoms with Gasteiger partial charge in [0, 0.05) is 5.92 Å². The van der Waals surface area contributed by atoms with Crippen LogP contribution in [0.5, 0.6) is 23.0 Å². The molecule has 0 unspecified atom stereocenters. The molecule has 32 heavy (non-hydrogen) atoms. The van der Waals surface area contributed by atoms with Gasteiger partial charge in [-0.1, -0.05) is 24.0 Å². The highest BCUT2D eigenvalue weighted by Gasteiger charge is 2.37. The Morgan fingerprint density at radius 1 is 0.875 bits per heavy atom. The van der Waals surface area contributed by atoms with Crippen molar-refractivity contribution in [3.8, 4) is 47.7 Å². The van der Waals surface area contributed by atoms with Crippen LogP contribution in [0, 0.1) is 36.5 Å². The van der Waals surface area contributed by atoms with Gasteiger partial charge in [0.25, 0.3) is 0 Å². The third-order valence-electron chi connectivity index (χ3n) is 5.34. The maximum Gasteiger partial charge on any atom is 0.309 e. The molecule has 2 aromatic rings. The second-order valence-electron chi connectivity index (χ2n) is 7.36. The third kappa shape index (κ3) is 5.47. The average molecular weight is 434 g/mol. The molecule has 2 aromatic carbocycles. The number of ether oxygens (including phenoxy) is 5. The first-order valence-electron chi connectivity index (χ1n) is 10.2. The van der Waals surface area contributed by atoms with Crippen molar-refractivity contribution in [3.63, 3.8) is 0 Å². The van der Waals surface area contributed by atoms with E-state index in [-0.39, 0.29) is 31.0 Å². The fraction of sp³-hybridized carbons (Fsp3) is 0.346. The van der Waals surface area contributed by atoms with E-state index in [9.17, 15) is 4.79 Å². The van der Waals surface area contributed by atoms with E-state index < -0.39 is 0 Å². The second kappa shape index (κ2) is 11.0. The van der Waals surface area contributed by atoms with Crippen LogP contribution in [0.25, 0.3) is 0 Å². The smallest absolute Gasteiger partial charge is 0.309 e. The molecule has 0 radical (unpaired) electrons. The van der Waals surface area contributed by atoms with E-state index in [0.29, 0.717) is 42.4 Å². The van der Waals surface area contributed by atoms with Crippen molar-refractivity contribution in [1.82, 2.24) is 0 Å². The van der Waals surface area contributed by atoms with Gasteiger partial charge in [-0.25, -0.2) is 0 Å². The van der Waals surface area contributed by atoms with Gasteiger partial charge in [0.2, 0.25) is 0 Å². The molecule has 0 spiro atoms. The van der Waals surface area contributed by atoms with E-state index in [1.54, 1.807) is 20.3 Å². The number of hydrogen-bond acceptors (Lipinski definition) is 6. The summed E-state index contributed by atoms with van der Waals surface area (Å²) in [4.78, 5) is 12.5. The molecular weight excluding hydrogens is 408 g/mol. The molecule has 1 fully saturated rings. The summed E-state index contributed by atoms with van der Waals surface area (Å²) in [6, 6.07) is 11.3. The van der Waals surface area contributed by atoms with Crippen molar-refractivity contribution >= 4 is 5.97 Å². The first-order valence-corrected chi connectivity index (χ1v) is 10.2. The minimum Gasteiger partial charge on any atom is -0.493 e. The summed E-state index contributed by atoms with van der Waals surface area (Å²) in [6.45, 7) is 0.698. The summed E-state index contributed by atoms with van der Waals surface area (Å²) >= 11 is 0. The summed E-state index contributed by atoms with van der Waals surface area (Å²) in [5.41, 5.74) is 1.98. The lowest BCUT2D eigenvalue weighted by atomic mass is 9.85. The zero-order valence-corrected chi connectivity index (χ0v) is 18.3. The van der Waals surface area contributed by atoms with Crippen LogP contribution in [0.15, 0.2) is 36.4 Å². The van der Waals surface area contributed by atoms with Crippen molar-refractivity contribution in [2.75, 3.05) is 34.0 Å². The van der Waals surface area contributed by atoms with E-state index in [1.165, 1.54) is 0 Å². The maximum absolute atomic E-state index is 12.5. The van der Waals surface area contributed by atoms with Gasteiger partial charge >= 0.3 is 5.97 Å². The summed E-state index contributed by atoms with van der Waals surface area (Å²) in [6.07, 6.45) is 11.7. The SMILES string of the molecule is C#CCOc1ccc(C[C@H]2COC(=O)[C@@H]2Cc2ccc(OCC#C)c(OC)c2)cc1OC. The average Bonchev–Trinajstić information content (AvgIpc) is 3.15. The first-order chi connectivity index (χ1) is 15.6. The molecule has 3 rings (SSSR count). The Hall–Kier alpha value is -3.77. The number of hydrogen-bond donors (Lipinski definition) is 0. The zero-order chi connectivity index (χ0) is 22.9. The van der Waals surface area contributed by atoms with Gasteiger partial charge in [-0.2, -0.15) is 0 Å². The highest BCUT2D eigenvalue weighted by Crippen LogP contribution is 2.35. The van der Waals surface area contributed by atoms with Gasteiger partial charge in [0.05, 0.1) is 26.7 Å². The fourth-order valence-electron chi connectivity index (χ4n) is 3.77. The predicted octanol–water partition coefficient (Wildman–Crippen LogP) is 3.30. The molecule has 0 aliphatic carbocycles. The van der Waals surface area contributed by atoms with E-state index in [4.69, 9.17) is 36.5 Å². The van der Waals surface area contributed by atoms with Crippen LogP contribution in [0.1, 0.15) is 11.1 Å². The summed E-state index contributed by atoms with van der Waals surface area (Å²) in [5, 5.41) is 0. The lowest BCUT2D eigenvalue weighted by Crippen LogP contribution is -2.20. The number of terminal acetylenes is 2. The monoisotopic (exact) mass is 434 g/mol. The molecule has 6 heteroatoms. The van der Waals surface area contributed by atoms with Gasteiger partial charge in [0.1, 0.15) is 13.2 Å². The van der Waals surface area contributed by atoms with Crippen molar-refractivity contribution in [2.45, 2.75) is 12.8 Å². The van der Waals surface area contributed by atoms with Gasteiger partial charge in [-0.15, -0.1) is 12.8 Å². The third-order valence-corrected chi connectivity index (χ3v) is 5.34. The van der Waals surface area contributed by atoms with Crippen molar-refractivity contribution in [2.24, 2.45) is 11.8 Å². The van der Waals surface area contributed by atoms with E-state index in [0.717, 1.165) is 11.1 Å². The summed E-state index contributed by atoms with van der Waals surface area (Å²) in [7, 11) is 3.15. The van der Waals surface area contributed by atoms with Gasteiger partial charge < -0.3 is 23.7 Å². The number of carbonyl (C=O) groups is 1. The van der Waals surface area contributed by atoms with Crippen LogP contribution in [0.4, 0.5) is 0 Å². The molecule has 0 saturated carbocycles. The molecule has 1 aliphatic heterocycles. The normalized spacial score (nSPS) is 17.1. The van der Waals surface area contributed by atoms with Crippen molar-refractivity contribution in [1.29, 1.82) is 0 Å². The van der Waals surface area contributed by atoms with Gasteiger partial charge in [-0.3, -0.25) is 4.79 Å². The molecule has 1 aliphatic rings. The maximum atomic E-state index is 12.5. The van der Waals surface area contributed by atoms with Gasteiger partial charge in [-0.05, 0) is 48.2 Å². The second-order valence-corrected chi connectivity index (χ2v) is 7.36. The summed E-state index contributed by atoms with van der Waals surface area (Å²) < 4.78 is 27.2. The highest BCUT2D eigenvalue weighted by molar-refractivity contribution is 5.75. The van der Waals surface area contributed by atoms with Crippen molar-refractivity contribution < 1.29 is 28.5 Å². The highest BCUT2D eigenvalue weighted by atomic mass is 16.5. The van der Waals surface area contributed by atoms with Gasteiger partial charge in [0.15, 0.2) is 23.0 Å². The number of carbonyl (C=O) groups excluding carboxylic acids is 1. The summed E-state index contributed by atoms with van der Waals surface area (Å²) in [5.74, 6) is 6.79. The van der Waals surface area contributed by atoms with Crippen LogP contribution in [-0.2, 0) is 22.4 Å². The quantitative estimate of drug-likeness (QED) is 0.422. The Morgan fingerprint density at radius 3 is 1.91 bits per heavy atom. The minimum absolute atomic E-state index is 0.0352. The number of methoxy groups -OCH3 is 2. The molecule has 1 heterocycles. The lowest BCUT2D eigenvalue weighted by Gasteiger charge is -2.17. The van der Waals surface area contributed by atoms with E-state index >= 15 is 0 Å². The van der Waals surface area contributed by atoms with Crippen LogP contribution in [0.2, 0.25) is 0 Å². The van der Waals surface area contributed by atoms with Crippen LogP contribution >= 0.6 is 0 Å². The zero-order valence-electron chi connectivity index (χ0n) is 18.3. The fourth-order valence-corrected chi connectivity index (χ4v) is 3.77. The number of rotatable bonds is 10. The molecule has 0 bridgehead atoms. The molecule has 2 atom stereocenters. The van der Waals surface area contributed by atoms with Crippen LogP contribution < -0.4 is 18.9 Å². The Kier molecular flexibility index (Phi) is 7.89. The minimum atomic E-state index is -0.263. The molecular formula is C26H26O6.